The number of nitrogens with one attached hydrogen (secondary N) is 1. The Bertz CT molecular complexity index is 894. The molecule has 3 fully saturated rings. The third kappa shape index (κ3) is 8.18. The number of aromatic nitrogens is 2. The second-order valence-electron chi connectivity index (χ2n) is 8.40. The number of hydrogen-bond donors (Lipinski definition) is 1. The van der Waals surface area contributed by atoms with Crippen molar-refractivity contribution < 1.29 is 4.79 Å². The molecule has 2 atom stereocenters. The predicted octanol–water partition coefficient (Wildman–Crippen LogP) is 4.46. The van der Waals surface area contributed by atoms with Gasteiger partial charge in [-0.15, -0.1) is 96.7 Å². The average molecular weight is 831 g/mol. The zero-order valence-electron chi connectivity index (χ0n) is 19.6. The summed E-state index contributed by atoms with van der Waals surface area (Å²) in [5.41, 5.74) is 2.14. The number of piperazine rings is 1. The van der Waals surface area contributed by atoms with Crippen LogP contribution < -0.4 is 10.2 Å². The number of carbonyl (C=O) groups is 1. The molecule has 5 rings (SSSR count). The van der Waals surface area contributed by atoms with Gasteiger partial charge < -0.3 is 15.1 Å². The fourth-order valence-corrected chi connectivity index (χ4v) is 5.73. The summed E-state index contributed by atoms with van der Waals surface area (Å²) in [7, 11) is 0. The molecular formula is C22H35Br5N6OS. The van der Waals surface area contributed by atoms with Gasteiger partial charge in [-0.1, -0.05) is 18.2 Å². The van der Waals surface area contributed by atoms with E-state index in [1.54, 1.807) is 0 Å². The quantitative estimate of drug-likeness (QED) is 0.492. The lowest BCUT2D eigenvalue weighted by molar-refractivity contribution is -0.131. The third-order valence-electron chi connectivity index (χ3n) is 6.44. The van der Waals surface area contributed by atoms with Gasteiger partial charge in [-0.2, -0.15) is 5.10 Å². The van der Waals surface area contributed by atoms with Crippen LogP contribution in [0.4, 0.5) is 5.82 Å². The monoisotopic (exact) mass is 826 g/mol. The SMILES string of the molecule is Br.Br.Br.Br.Br.Cc1cc(N2CCN([C@@H]3CN[C@H](C(=O)N4CCSC4)C3)CC2)n(-c2ccccc2)n1. The van der Waals surface area contributed by atoms with Crippen LogP contribution >= 0.6 is 96.7 Å². The summed E-state index contributed by atoms with van der Waals surface area (Å²) in [6, 6.07) is 13.0. The predicted molar refractivity (Wildman–Crippen MR) is 173 cm³/mol. The number of anilines is 1. The van der Waals surface area contributed by atoms with E-state index in [2.05, 4.69) is 57.1 Å². The van der Waals surface area contributed by atoms with Crippen molar-refractivity contribution in [2.45, 2.75) is 25.4 Å². The van der Waals surface area contributed by atoms with E-state index in [9.17, 15) is 4.79 Å². The van der Waals surface area contributed by atoms with E-state index in [0.29, 0.717) is 11.9 Å². The topological polar surface area (TPSA) is 56.6 Å². The van der Waals surface area contributed by atoms with E-state index < -0.39 is 0 Å². The van der Waals surface area contributed by atoms with Crippen molar-refractivity contribution in [1.82, 2.24) is 24.9 Å². The molecule has 1 amide bonds. The summed E-state index contributed by atoms with van der Waals surface area (Å²) in [5.74, 6) is 3.39. The molecule has 0 unspecified atom stereocenters. The van der Waals surface area contributed by atoms with Gasteiger partial charge in [0.1, 0.15) is 5.82 Å². The largest absolute Gasteiger partial charge is 0.354 e. The molecule has 2 aromatic rings. The second kappa shape index (κ2) is 16.4. The van der Waals surface area contributed by atoms with Gasteiger partial charge in [0.15, 0.2) is 0 Å². The molecule has 4 heterocycles. The Morgan fingerprint density at radius 3 is 2.31 bits per heavy atom. The lowest BCUT2D eigenvalue weighted by Crippen LogP contribution is -2.51. The number of thioether (sulfide) groups is 1. The maximum Gasteiger partial charge on any atom is 0.240 e. The minimum Gasteiger partial charge on any atom is -0.354 e. The van der Waals surface area contributed by atoms with Gasteiger partial charge in [0.25, 0.3) is 0 Å². The molecule has 0 radical (unpaired) electrons. The molecule has 0 aliphatic carbocycles. The average Bonchev–Trinajstić information content (AvgIpc) is 3.55. The first-order valence-electron chi connectivity index (χ1n) is 10.9. The van der Waals surface area contributed by atoms with E-state index >= 15 is 0 Å². The molecule has 3 aliphatic rings. The first-order chi connectivity index (χ1) is 14.7. The van der Waals surface area contributed by atoms with Crippen molar-refractivity contribution in [1.29, 1.82) is 0 Å². The molecular weight excluding hydrogens is 796 g/mol. The summed E-state index contributed by atoms with van der Waals surface area (Å²) >= 11 is 1.85. The standard InChI is InChI=1S/C22H30N6OS.5BrH/c1-17-13-21(28(24-17)18-5-3-2-4-6-18)26-9-7-25(8-10-26)19-14-20(23-15-19)22(29)27-11-12-30-16-27;;;;;/h2-6,13,19-20,23H,7-12,14-16H2,1H3;5*1H/t19-,20-;;;;;/m0...../s1. The molecule has 1 aromatic carbocycles. The Balaban J connectivity index is 0.00000231. The molecule has 1 N–H and O–H groups in total. The summed E-state index contributed by atoms with van der Waals surface area (Å²) in [6.07, 6.45) is 0.932. The molecule has 13 heteroatoms. The Kier molecular flexibility index (Phi) is 16.5. The first kappa shape index (κ1) is 35.4. The van der Waals surface area contributed by atoms with Gasteiger partial charge in [-0.25, -0.2) is 4.68 Å². The lowest BCUT2D eigenvalue weighted by Gasteiger charge is -2.38. The van der Waals surface area contributed by atoms with Crippen molar-refractivity contribution in [3.8, 4) is 5.69 Å². The number of carbonyl (C=O) groups excluding carboxylic acids is 1. The molecule has 0 spiro atoms. The Hall–Kier alpha value is 0.370. The number of rotatable bonds is 4. The molecule has 0 saturated carbocycles. The number of benzene rings is 1. The Morgan fingerprint density at radius 1 is 1.00 bits per heavy atom. The zero-order valence-corrected chi connectivity index (χ0v) is 29.0. The number of hydrogen-bond acceptors (Lipinski definition) is 6. The maximum atomic E-state index is 12.7. The highest BCUT2D eigenvalue weighted by Gasteiger charge is 2.36. The highest BCUT2D eigenvalue weighted by Crippen LogP contribution is 2.25. The van der Waals surface area contributed by atoms with Crippen molar-refractivity contribution in [2.24, 2.45) is 0 Å². The Morgan fingerprint density at radius 2 is 1.69 bits per heavy atom. The van der Waals surface area contributed by atoms with Crippen LogP contribution in [0.2, 0.25) is 0 Å². The molecule has 200 valence electrons. The van der Waals surface area contributed by atoms with Gasteiger partial charge >= 0.3 is 0 Å². The smallest absolute Gasteiger partial charge is 0.240 e. The minimum atomic E-state index is -0.00566. The molecule has 1 aromatic heterocycles. The van der Waals surface area contributed by atoms with Gasteiger partial charge in [0.2, 0.25) is 5.91 Å². The normalized spacial score (nSPS) is 21.6. The molecule has 0 bridgehead atoms. The summed E-state index contributed by atoms with van der Waals surface area (Å²) in [6.45, 7) is 7.88. The number of aryl methyl sites for hydroxylation is 1. The second-order valence-corrected chi connectivity index (χ2v) is 9.48. The van der Waals surface area contributed by atoms with Gasteiger partial charge in [0.05, 0.1) is 23.3 Å². The molecule has 35 heavy (non-hydrogen) atoms. The van der Waals surface area contributed by atoms with E-state index in [-0.39, 0.29) is 90.9 Å². The lowest BCUT2D eigenvalue weighted by atomic mass is 10.1. The van der Waals surface area contributed by atoms with E-state index in [4.69, 9.17) is 5.10 Å². The molecule has 3 saturated heterocycles. The fourth-order valence-electron chi connectivity index (χ4n) is 4.78. The minimum absolute atomic E-state index is 0. The maximum absolute atomic E-state index is 12.7. The number of para-hydroxylation sites is 1. The van der Waals surface area contributed by atoms with Crippen LogP contribution in [0.3, 0.4) is 0 Å². The van der Waals surface area contributed by atoms with Crippen LogP contribution in [0.25, 0.3) is 5.69 Å². The van der Waals surface area contributed by atoms with Crippen LogP contribution in [0.1, 0.15) is 12.1 Å². The van der Waals surface area contributed by atoms with Crippen LogP contribution in [0, 0.1) is 6.92 Å². The fraction of sp³-hybridized carbons (Fsp3) is 0.545. The van der Waals surface area contributed by atoms with E-state index in [1.165, 1.54) is 5.82 Å². The first-order valence-corrected chi connectivity index (χ1v) is 12.1. The van der Waals surface area contributed by atoms with Gasteiger partial charge in [0, 0.05) is 57.1 Å². The summed E-state index contributed by atoms with van der Waals surface area (Å²) in [5, 5.41) is 8.21. The summed E-state index contributed by atoms with van der Waals surface area (Å²) < 4.78 is 2.06. The van der Waals surface area contributed by atoms with Crippen molar-refractivity contribution in [3.63, 3.8) is 0 Å². The third-order valence-corrected chi connectivity index (χ3v) is 7.40. The Labute approximate surface area is 264 Å². The van der Waals surface area contributed by atoms with Crippen molar-refractivity contribution in [2.75, 3.05) is 55.8 Å². The zero-order chi connectivity index (χ0) is 20.5. The van der Waals surface area contributed by atoms with Gasteiger partial charge in [-0.05, 0) is 25.5 Å². The van der Waals surface area contributed by atoms with Crippen LogP contribution in [0.5, 0.6) is 0 Å². The molecule has 3 aliphatic heterocycles. The number of nitrogens with zero attached hydrogens (tertiary/aromatic N) is 5. The van der Waals surface area contributed by atoms with Crippen LogP contribution in [-0.2, 0) is 4.79 Å². The van der Waals surface area contributed by atoms with Crippen LogP contribution in [-0.4, -0.2) is 88.5 Å². The van der Waals surface area contributed by atoms with Crippen molar-refractivity contribution in [3.05, 3.63) is 42.1 Å². The van der Waals surface area contributed by atoms with E-state index in [1.807, 2.05) is 22.7 Å². The summed E-state index contributed by atoms with van der Waals surface area (Å²) in [4.78, 5) is 19.7. The van der Waals surface area contributed by atoms with Gasteiger partial charge in [-0.3, -0.25) is 9.69 Å². The van der Waals surface area contributed by atoms with Crippen LogP contribution in [0.15, 0.2) is 36.4 Å². The van der Waals surface area contributed by atoms with E-state index in [0.717, 1.165) is 68.7 Å². The molecule has 7 nitrogen and oxygen atoms in total. The highest BCUT2D eigenvalue weighted by molar-refractivity contribution is 8.93. The number of amides is 1. The van der Waals surface area contributed by atoms with Crippen molar-refractivity contribution >= 4 is 108 Å². The number of halogens is 5. The highest BCUT2D eigenvalue weighted by atomic mass is 79.9.